The predicted molar refractivity (Wildman–Crippen MR) is 164 cm³/mol. The zero-order chi connectivity index (χ0) is 29.0. The van der Waals surface area contributed by atoms with Crippen molar-refractivity contribution in [1.29, 1.82) is 0 Å². The predicted octanol–water partition coefficient (Wildman–Crippen LogP) is 6.77. The summed E-state index contributed by atoms with van der Waals surface area (Å²) in [6.45, 7) is 4.11. The van der Waals surface area contributed by atoms with Crippen molar-refractivity contribution in [1.82, 2.24) is 9.88 Å². The van der Waals surface area contributed by atoms with Gasteiger partial charge in [0.2, 0.25) is 0 Å². The largest absolute Gasteiger partial charge is 0.356 e. The Morgan fingerprint density at radius 1 is 0.905 bits per heavy atom. The molecule has 0 aliphatic carbocycles. The maximum atomic E-state index is 14.1. The Morgan fingerprint density at radius 3 is 2.33 bits per heavy atom. The number of benzene rings is 4. The molecule has 5 aromatic rings. The fraction of sp³-hybridized carbons (Fsp3) is 0.171. The first-order chi connectivity index (χ1) is 20.4. The van der Waals surface area contributed by atoms with Gasteiger partial charge in [-0.15, -0.1) is 0 Å². The second kappa shape index (κ2) is 10.0. The van der Waals surface area contributed by atoms with Gasteiger partial charge in [-0.1, -0.05) is 67.1 Å². The molecule has 4 amide bonds. The number of aromatic amines is 1. The van der Waals surface area contributed by atoms with Crippen molar-refractivity contribution in [2.24, 2.45) is 0 Å². The summed E-state index contributed by atoms with van der Waals surface area (Å²) in [6, 6.07) is 29.1. The van der Waals surface area contributed by atoms with E-state index in [9.17, 15) is 14.4 Å². The van der Waals surface area contributed by atoms with Crippen molar-refractivity contribution in [3.8, 4) is 0 Å². The quantitative estimate of drug-likeness (QED) is 0.235. The molecule has 0 unspecified atom stereocenters. The van der Waals surface area contributed by atoms with E-state index >= 15 is 0 Å². The Bertz CT molecular complexity index is 1840. The summed E-state index contributed by atoms with van der Waals surface area (Å²) >= 11 is 0. The Kier molecular flexibility index (Phi) is 6.16. The van der Waals surface area contributed by atoms with Crippen LogP contribution in [0, 0.1) is 6.92 Å². The fourth-order valence-electron chi connectivity index (χ4n) is 6.20. The van der Waals surface area contributed by atoms with E-state index in [1.165, 1.54) is 10.5 Å². The number of imide groups is 1. The third-order valence-electron chi connectivity index (χ3n) is 8.45. The molecule has 7 rings (SSSR count). The molecule has 42 heavy (non-hydrogen) atoms. The highest BCUT2D eigenvalue weighted by Gasteiger charge is 2.53. The molecule has 0 bridgehead atoms. The van der Waals surface area contributed by atoms with E-state index in [2.05, 4.69) is 23.3 Å². The molecule has 4 aromatic carbocycles. The number of aryl methyl sites for hydroxylation is 2. The number of rotatable bonds is 5. The molecule has 208 valence electrons. The first-order valence-electron chi connectivity index (χ1n) is 14.3. The van der Waals surface area contributed by atoms with Gasteiger partial charge in [0.15, 0.2) is 0 Å². The number of hydrogen-bond acceptors (Lipinski definition) is 3. The van der Waals surface area contributed by atoms with Crippen LogP contribution in [0.3, 0.4) is 0 Å². The highest BCUT2D eigenvalue weighted by molar-refractivity contribution is 6.22. The summed E-state index contributed by atoms with van der Waals surface area (Å²) in [7, 11) is 0. The smallest absolute Gasteiger partial charge is 0.332 e. The van der Waals surface area contributed by atoms with Gasteiger partial charge in [-0.3, -0.25) is 14.5 Å². The number of fused-ring (bicyclic) bond motifs is 4. The van der Waals surface area contributed by atoms with Crippen LogP contribution in [0.25, 0.3) is 10.9 Å². The van der Waals surface area contributed by atoms with Crippen LogP contribution in [-0.2, 0) is 17.6 Å². The van der Waals surface area contributed by atoms with Gasteiger partial charge in [0.05, 0.1) is 5.69 Å². The van der Waals surface area contributed by atoms with Gasteiger partial charge >= 0.3 is 6.03 Å². The van der Waals surface area contributed by atoms with Crippen molar-refractivity contribution in [2.75, 3.05) is 10.2 Å². The molecule has 2 N–H and O–H groups in total. The van der Waals surface area contributed by atoms with Crippen LogP contribution in [0.1, 0.15) is 51.3 Å². The lowest BCUT2D eigenvalue weighted by Gasteiger charge is -2.36. The van der Waals surface area contributed by atoms with E-state index in [1.54, 1.807) is 29.2 Å². The van der Waals surface area contributed by atoms with E-state index in [-0.39, 0.29) is 17.8 Å². The number of nitrogens with zero attached hydrogens (tertiary/aromatic N) is 2. The molecule has 1 fully saturated rings. The van der Waals surface area contributed by atoms with Crippen molar-refractivity contribution >= 4 is 40.1 Å². The second-order valence-corrected chi connectivity index (χ2v) is 11.0. The van der Waals surface area contributed by atoms with Crippen molar-refractivity contribution in [2.45, 2.75) is 38.8 Å². The van der Waals surface area contributed by atoms with Gasteiger partial charge in [0, 0.05) is 34.3 Å². The van der Waals surface area contributed by atoms with Crippen LogP contribution >= 0.6 is 0 Å². The normalized spacial score (nSPS) is 17.9. The second-order valence-electron chi connectivity index (χ2n) is 11.0. The van der Waals surface area contributed by atoms with Crippen LogP contribution in [-0.4, -0.2) is 33.8 Å². The maximum absolute atomic E-state index is 14.1. The molecule has 2 aliphatic rings. The number of nitrogens with one attached hydrogen (secondary N) is 2. The molecule has 0 saturated carbocycles. The van der Waals surface area contributed by atoms with Gasteiger partial charge in [0.1, 0.15) is 12.1 Å². The SMILES string of the molecule is CCc1ccc(NC(=O)c2ccc(N3C(=O)[C@@H]4Cc5c([nH]c6ccccc56)[C@H](c5ccc(C)cc5)N4C3=O)cc2)cc1. The average molecular weight is 555 g/mol. The van der Waals surface area contributed by atoms with E-state index < -0.39 is 12.1 Å². The van der Waals surface area contributed by atoms with Crippen molar-refractivity contribution in [3.63, 3.8) is 0 Å². The first kappa shape index (κ1) is 25.8. The van der Waals surface area contributed by atoms with Gasteiger partial charge in [-0.05, 0) is 72.5 Å². The maximum Gasteiger partial charge on any atom is 0.332 e. The Morgan fingerprint density at radius 2 is 1.62 bits per heavy atom. The minimum absolute atomic E-state index is 0.257. The minimum atomic E-state index is -0.635. The number of carbonyl (C=O) groups is 3. The fourth-order valence-corrected chi connectivity index (χ4v) is 6.20. The Labute approximate surface area is 243 Å². The molecule has 0 spiro atoms. The molecule has 2 atom stereocenters. The zero-order valence-corrected chi connectivity index (χ0v) is 23.4. The third-order valence-corrected chi connectivity index (χ3v) is 8.45. The molecule has 3 heterocycles. The van der Waals surface area contributed by atoms with Crippen molar-refractivity contribution in [3.05, 3.63) is 131 Å². The van der Waals surface area contributed by atoms with Crippen LogP contribution < -0.4 is 10.2 Å². The number of carbonyl (C=O) groups excluding carboxylic acids is 3. The number of urea groups is 1. The Balaban J connectivity index is 1.21. The van der Waals surface area contributed by atoms with Crippen LogP contribution in [0.15, 0.2) is 97.1 Å². The van der Waals surface area contributed by atoms with E-state index in [1.807, 2.05) is 73.7 Å². The lowest BCUT2D eigenvalue weighted by atomic mass is 9.88. The van der Waals surface area contributed by atoms with Gasteiger partial charge in [-0.2, -0.15) is 0 Å². The lowest BCUT2D eigenvalue weighted by molar-refractivity contribution is -0.120. The standard InChI is InChI=1S/C35H30N4O3/c1-3-22-10-16-25(17-11-22)36-33(40)24-14-18-26(19-15-24)38-34(41)30-20-28-27-6-4-5-7-29(27)37-31(28)32(39(30)35(38)42)23-12-8-21(2)9-13-23/h4-19,30,32,37H,3,20H2,1-2H3,(H,36,40)/t30-,32-/m0/s1. The molecule has 1 saturated heterocycles. The summed E-state index contributed by atoms with van der Waals surface area (Å²) in [6.07, 6.45) is 1.36. The number of H-pyrrole nitrogens is 1. The average Bonchev–Trinajstić information content (AvgIpc) is 3.51. The lowest BCUT2D eigenvalue weighted by Crippen LogP contribution is -2.44. The summed E-state index contributed by atoms with van der Waals surface area (Å²) in [5.74, 6) is -0.520. The van der Waals surface area contributed by atoms with Gasteiger partial charge < -0.3 is 10.3 Å². The number of amides is 4. The van der Waals surface area contributed by atoms with Crippen LogP contribution in [0.2, 0.25) is 0 Å². The number of hydrogen-bond donors (Lipinski definition) is 2. The van der Waals surface area contributed by atoms with Gasteiger partial charge in [-0.25, -0.2) is 9.69 Å². The molecular formula is C35H30N4O3. The molecule has 0 radical (unpaired) electrons. The summed E-state index contributed by atoms with van der Waals surface area (Å²) in [5.41, 5.74) is 7.86. The topological polar surface area (TPSA) is 85.5 Å². The molecule has 1 aromatic heterocycles. The van der Waals surface area contributed by atoms with Crippen molar-refractivity contribution < 1.29 is 14.4 Å². The summed E-state index contributed by atoms with van der Waals surface area (Å²) in [5, 5.41) is 3.98. The molecule has 7 heteroatoms. The summed E-state index contributed by atoms with van der Waals surface area (Å²) in [4.78, 5) is 47.4. The Hall–Kier alpha value is -5.17. The van der Waals surface area contributed by atoms with Crippen LogP contribution in [0.5, 0.6) is 0 Å². The first-order valence-corrected chi connectivity index (χ1v) is 14.3. The molecule has 7 nitrogen and oxygen atoms in total. The monoisotopic (exact) mass is 554 g/mol. The molecule has 2 aliphatic heterocycles. The highest BCUT2D eigenvalue weighted by atomic mass is 16.2. The number of aromatic nitrogens is 1. The highest BCUT2D eigenvalue weighted by Crippen LogP contribution is 2.44. The number of anilines is 2. The third kappa shape index (κ3) is 4.16. The van der Waals surface area contributed by atoms with E-state index in [0.29, 0.717) is 23.4 Å². The van der Waals surface area contributed by atoms with Crippen LogP contribution in [0.4, 0.5) is 16.2 Å². The zero-order valence-electron chi connectivity index (χ0n) is 23.4. The minimum Gasteiger partial charge on any atom is -0.356 e. The summed E-state index contributed by atoms with van der Waals surface area (Å²) < 4.78 is 0. The van der Waals surface area contributed by atoms with Gasteiger partial charge in [0.25, 0.3) is 11.8 Å². The van der Waals surface area contributed by atoms with E-state index in [0.717, 1.165) is 39.7 Å². The van der Waals surface area contributed by atoms with E-state index in [4.69, 9.17) is 0 Å². The number of para-hydroxylation sites is 1. The molecular weight excluding hydrogens is 524 g/mol.